The molecule has 5 nitrogen and oxygen atoms in total. The number of rotatable bonds is 4. The van der Waals surface area contributed by atoms with Crippen LogP contribution >= 0.6 is 34.5 Å². The fraction of sp³-hybridized carbons (Fsp3) is 0.0690. The lowest BCUT2D eigenvalue weighted by Crippen LogP contribution is -2.26. The molecule has 0 saturated heterocycles. The Balaban J connectivity index is 1.59. The van der Waals surface area contributed by atoms with Crippen molar-refractivity contribution in [2.45, 2.75) is 12.5 Å². The molecule has 2 aromatic heterocycles. The number of nitrogens with zero attached hydrogens (tertiary/aromatic N) is 2. The topological polar surface area (TPSA) is 65.5 Å². The number of pyridine rings is 1. The first-order valence-electron chi connectivity index (χ1n) is 11.6. The van der Waals surface area contributed by atoms with Crippen molar-refractivity contribution in [2.75, 3.05) is 0 Å². The van der Waals surface area contributed by atoms with Gasteiger partial charge >= 0.3 is 0 Å². The van der Waals surface area contributed by atoms with Gasteiger partial charge in [-0.05, 0) is 46.8 Å². The number of nitrogens with one attached hydrogen (secondary N) is 1. The monoisotopic (exact) mass is 543 g/mol. The maximum absolute atomic E-state index is 13.6. The number of H-pyrrole nitrogens is 1. The third-order valence-corrected chi connectivity index (χ3v) is 7.88. The van der Waals surface area contributed by atoms with Crippen LogP contribution in [0.1, 0.15) is 33.3 Å². The van der Waals surface area contributed by atoms with Crippen molar-refractivity contribution in [1.82, 2.24) is 9.99 Å². The summed E-state index contributed by atoms with van der Waals surface area (Å²) in [5.74, 6) is -0.239. The minimum absolute atomic E-state index is 0.239. The van der Waals surface area contributed by atoms with E-state index < -0.39 is 6.04 Å². The third kappa shape index (κ3) is 4.27. The maximum Gasteiger partial charge on any atom is 0.284 e. The summed E-state index contributed by atoms with van der Waals surface area (Å²) in [4.78, 5) is 30.7. The van der Waals surface area contributed by atoms with Gasteiger partial charge in [0.15, 0.2) is 0 Å². The zero-order chi connectivity index (χ0) is 25.5. The quantitative estimate of drug-likeness (QED) is 0.254. The summed E-state index contributed by atoms with van der Waals surface area (Å²) >= 11 is 14.3. The zero-order valence-electron chi connectivity index (χ0n) is 19.3. The van der Waals surface area contributed by atoms with Crippen molar-refractivity contribution >= 4 is 57.1 Å². The Morgan fingerprint density at radius 1 is 0.946 bits per heavy atom. The average Bonchev–Trinajstić information content (AvgIpc) is 3.60. The van der Waals surface area contributed by atoms with Crippen LogP contribution in [-0.2, 0) is 0 Å². The fourth-order valence-corrected chi connectivity index (χ4v) is 5.88. The first-order valence-corrected chi connectivity index (χ1v) is 13.2. The number of halogens is 2. The summed E-state index contributed by atoms with van der Waals surface area (Å²) in [6.07, 6.45) is 0.329. The van der Waals surface area contributed by atoms with E-state index in [-0.39, 0.29) is 11.5 Å². The van der Waals surface area contributed by atoms with Crippen LogP contribution in [0.5, 0.6) is 0 Å². The van der Waals surface area contributed by atoms with Crippen molar-refractivity contribution in [3.05, 3.63) is 127 Å². The summed E-state index contributed by atoms with van der Waals surface area (Å²) in [5, 5.41) is 9.98. The predicted octanol–water partition coefficient (Wildman–Crippen LogP) is 7.55. The second-order valence-electron chi connectivity index (χ2n) is 8.68. The molecule has 0 fully saturated rings. The van der Waals surface area contributed by atoms with Crippen LogP contribution < -0.4 is 5.56 Å². The maximum atomic E-state index is 13.6. The van der Waals surface area contributed by atoms with Gasteiger partial charge in [0.05, 0.1) is 22.2 Å². The molecule has 37 heavy (non-hydrogen) atoms. The zero-order valence-corrected chi connectivity index (χ0v) is 21.6. The molecule has 3 heterocycles. The number of hydrazone groups is 1. The summed E-state index contributed by atoms with van der Waals surface area (Å²) in [6, 6.07) is 25.6. The molecule has 1 amide bonds. The van der Waals surface area contributed by atoms with Gasteiger partial charge in [-0.2, -0.15) is 5.10 Å². The first-order chi connectivity index (χ1) is 18.0. The minimum atomic E-state index is -0.462. The van der Waals surface area contributed by atoms with Crippen LogP contribution in [0.2, 0.25) is 10.0 Å². The highest BCUT2D eigenvalue weighted by Gasteiger charge is 2.37. The largest absolute Gasteiger partial charge is 0.321 e. The van der Waals surface area contributed by atoms with Gasteiger partial charge < -0.3 is 4.98 Å². The number of thiophene rings is 1. The van der Waals surface area contributed by atoms with Crippen molar-refractivity contribution in [1.29, 1.82) is 0 Å². The lowest BCUT2D eigenvalue weighted by Gasteiger charge is -2.22. The highest BCUT2D eigenvalue weighted by molar-refractivity contribution is 7.12. The summed E-state index contributed by atoms with van der Waals surface area (Å²) in [5.41, 5.74) is 3.67. The smallest absolute Gasteiger partial charge is 0.284 e. The van der Waals surface area contributed by atoms with E-state index in [1.165, 1.54) is 16.3 Å². The summed E-state index contributed by atoms with van der Waals surface area (Å²) < 4.78 is 0. The van der Waals surface area contributed by atoms with E-state index in [9.17, 15) is 9.59 Å². The number of aromatic nitrogens is 1. The molecule has 0 bridgehead atoms. The van der Waals surface area contributed by atoms with Crippen molar-refractivity contribution < 1.29 is 4.79 Å². The van der Waals surface area contributed by atoms with E-state index in [1.54, 1.807) is 24.3 Å². The molecule has 0 spiro atoms. The lowest BCUT2D eigenvalue weighted by atomic mass is 9.91. The van der Waals surface area contributed by atoms with Gasteiger partial charge in [-0.15, -0.1) is 11.3 Å². The van der Waals surface area contributed by atoms with Gasteiger partial charge in [0.2, 0.25) is 0 Å². The van der Waals surface area contributed by atoms with Crippen LogP contribution in [0.3, 0.4) is 0 Å². The highest BCUT2D eigenvalue weighted by Crippen LogP contribution is 2.40. The van der Waals surface area contributed by atoms with E-state index in [2.05, 4.69) is 4.98 Å². The SMILES string of the molecule is O=C(c1cccs1)N1N=C(c2c(-c3ccccc3)c3cc(Cl)ccc3[nH]c2=O)CC1c1ccccc1Cl. The molecular weight excluding hydrogens is 525 g/mol. The number of carbonyl (C=O) groups is 1. The second-order valence-corrected chi connectivity index (χ2v) is 10.5. The normalized spacial score (nSPS) is 15.2. The Hall–Kier alpha value is -3.71. The van der Waals surface area contributed by atoms with Gasteiger partial charge in [0.1, 0.15) is 0 Å². The third-order valence-electron chi connectivity index (χ3n) is 6.44. The van der Waals surface area contributed by atoms with Crippen LogP contribution in [0, 0.1) is 0 Å². The number of amides is 1. The van der Waals surface area contributed by atoms with Crippen molar-refractivity contribution in [3.8, 4) is 11.1 Å². The number of aromatic amines is 1. The standard InChI is InChI=1S/C29H19Cl2N3O2S/c30-18-12-13-22-20(15-18)26(17-7-2-1-3-8-17)27(28(35)32-22)23-16-24(19-9-4-5-10-21(19)31)34(33-23)29(36)25-11-6-14-37-25/h1-15,24H,16H2,(H,32,35). The molecule has 8 heteroatoms. The van der Waals surface area contributed by atoms with Crippen LogP contribution in [0.15, 0.2) is 100 Å². The number of hydrogen-bond acceptors (Lipinski definition) is 4. The molecule has 1 atom stereocenters. The summed E-state index contributed by atoms with van der Waals surface area (Å²) in [7, 11) is 0. The minimum Gasteiger partial charge on any atom is -0.321 e. The van der Waals surface area contributed by atoms with Gasteiger partial charge in [0.25, 0.3) is 11.5 Å². The molecule has 3 aromatic carbocycles. The van der Waals surface area contributed by atoms with Crippen LogP contribution in [0.25, 0.3) is 22.0 Å². The average molecular weight is 544 g/mol. The first kappa shape index (κ1) is 23.7. The Bertz CT molecular complexity index is 1730. The Morgan fingerprint density at radius 3 is 2.49 bits per heavy atom. The highest BCUT2D eigenvalue weighted by atomic mass is 35.5. The van der Waals surface area contributed by atoms with E-state index in [0.717, 1.165) is 22.1 Å². The number of fused-ring (bicyclic) bond motifs is 1. The molecule has 182 valence electrons. The van der Waals surface area contributed by atoms with Crippen molar-refractivity contribution in [2.24, 2.45) is 5.10 Å². The molecule has 5 aromatic rings. The molecule has 0 radical (unpaired) electrons. The molecule has 1 aliphatic rings. The molecule has 1 N–H and O–H groups in total. The van der Waals surface area contributed by atoms with Gasteiger partial charge in [-0.3, -0.25) is 9.59 Å². The Labute approximate surface area is 226 Å². The summed E-state index contributed by atoms with van der Waals surface area (Å²) in [6.45, 7) is 0. The van der Waals surface area contributed by atoms with E-state index in [1.807, 2.05) is 66.0 Å². The lowest BCUT2D eigenvalue weighted by molar-refractivity contribution is 0.0716. The number of carbonyl (C=O) groups excluding carboxylic acids is 1. The van der Waals surface area contributed by atoms with Gasteiger partial charge in [-0.1, -0.05) is 77.8 Å². The molecule has 1 aliphatic heterocycles. The van der Waals surface area contributed by atoms with Crippen molar-refractivity contribution in [3.63, 3.8) is 0 Å². The van der Waals surface area contributed by atoms with Gasteiger partial charge in [0, 0.05) is 32.9 Å². The van der Waals surface area contributed by atoms with E-state index in [4.69, 9.17) is 28.3 Å². The molecule has 0 saturated carbocycles. The number of benzene rings is 3. The molecule has 6 rings (SSSR count). The Kier molecular flexibility index (Phi) is 6.16. The van der Waals surface area contributed by atoms with Crippen LogP contribution in [0.4, 0.5) is 0 Å². The fourth-order valence-electron chi connectivity index (χ4n) is 4.79. The van der Waals surface area contributed by atoms with Crippen LogP contribution in [-0.4, -0.2) is 21.6 Å². The van der Waals surface area contributed by atoms with E-state index in [0.29, 0.717) is 38.1 Å². The molecule has 1 unspecified atom stereocenters. The Morgan fingerprint density at radius 2 is 1.73 bits per heavy atom. The van der Waals surface area contributed by atoms with E-state index >= 15 is 0 Å². The molecule has 0 aliphatic carbocycles. The van der Waals surface area contributed by atoms with Gasteiger partial charge in [-0.25, -0.2) is 5.01 Å². The predicted molar refractivity (Wildman–Crippen MR) is 151 cm³/mol. The number of hydrogen-bond donors (Lipinski definition) is 1. The second kappa shape index (κ2) is 9.63. The molecular formula is C29H19Cl2N3O2S.